The predicted octanol–water partition coefficient (Wildman–Crippen LogP) is 3.35. The lowest BCUT2D eigenvalue weighted by molar-refractivity contribution is 0.811. The number of aryl methyl sites for hydroxylation is 1. The normalized spacial score (nSPS) is 10.5. The first-order valence-electron chi connectivity index (χ1n) is 6.70. The van der Waals surface area contributed by atoms with Crippen molar-refractivity contribution in [2.45, 2.75) is 20.0 Å². The first-order chi connectivity index (χ1) is 9.20. The highest BCUT2D eigenvalue weighted by Crippen LogP contribution is 2.20. The molecule has 19 heavy (non-hydrogen) atoms. The molecule has 2 nitrogen and oxygen atoms in total. The van der Waals surface area contributed by atoms with Crippen LogP contribution in [0.15, 0.2) is 48.5 Å². The maximum absolute atomic E-state index is 3.20. The maximum Gasteiger partial charge on any atom is 0.0426 e. The van der Waals surface area contributed by atoms with Gasteiger partial charge < -0.3 is 10.2 Å². The van der Waals surface area contributed by atoms with Gasteiger partial charge in [0.2, 0.25) is 0 Å². The molecular weight excluding hydrogens is 232 g/mol. The van der Waals surface area contributed by atoms with Gasteiger partial charge in [-0.15, -0.1) is 0 Å². The van der Waals surface area contributed by atoms with Crippen LogP contribution < -0.4 is 10.2 Å². The first-order valence-corrected chi connectivity index (χ1v) is 6.70. The summed E-state index contributed by atoms with van der Waals surface area (Å²) in [6.45, 7) is 4.03. The van der Waals surface area contributed by atoms with Crippen LogP contribution in [0.4, 0.5) is 5.69 Å². The summed E-state index contributed by atoms with van der Waals surface area (Å²) >= 11 is 0. The third-order valence-corrected chi connectivity index (χ3v) is 3.40. The quantitative estimate of drug-likeness (QED) is 0.880. The Morgan fingerprint density at radius 1 is 1.05 bits per heavy atom. The van der Waals surface area contributed by atoms with Gasteiger partial charge in [-0.05, 0) is 42.8 Å². The van der Waals surface area contributed by atoms with E-state index < -0.39 is 0 Å². The molecular formula is C17H22N2. The van der Waals surface area contributed by atoms with Crippen molar-refractivity contribution in [3.63, 3.8) is 0 Å². The Kier molecular flexibility index (Phi) is 4.58. The SMILES string of the molecule is CNCc1ccc(N(C)Cc2ccccc2)cc1C. The molecule has 0 aromatic heterocycles. The number of anilines is 1. The molecule has 0 atom stereocenters. The van der Waals surface area contributed by atoms with Crippen LogP contribution in [0, 0.1) is 6.92 Å². The molecule has 0 saturated heterocycles. The number of benzene rings is 2. The zero-order valence-corrected chi connectivity index (χ0v) is 12.0. The summed E-state index contributed by atoms with van der Waals surface area (Å²) in [5.74, 6) is 0. The highest BCUT2D eigenvalue weighted by molar-refractivity contribution is 5.50. The molecule has 0 aliphatic rings. The molecule has 0 heterocycles. The average molecular weight is 254 g/mol. The lowest BCUT2D eigenvalue weighted by Crippen LogP contribution is -2.16. The summed E-state index contributed by atoms with van der Waals surface area (Å²) in [6, 6.07) is 17.2. The Labute approximate surface area is 116 Å². The number of nitrogens with one attached hydrogen (secondary N) is 1. The van der Waals surface area contributed by atoms with E-state index in [0.717, 1.165) is 13.1 Å². The van der Waals surface area contributed by atoms with Crippen molar-refractivity contribution in [2.75, 3.05) is 19.0 Å². The fraction of sp³-hybridized carbons (Fsp3) is 0.294. The third kappa shape index (κ3) is 3.58. The van der Waals surface area contributed by atoms with Crippen molar-refractivity contribution >= 4 is 5.69 Å². The zero-order valence-electron chi connectivity index (χ0n) is 12.0. The van der Waals surface area contributed by atoms with Crippen molar-refractivity contribution in [3.8, 4) is 0 Å². The number of hydrogen-bond donors (Lipinski definition) is 1. The second-order valence-corrected chi connectivity index (χ2v) is 4.98. The lowest BCUT2D eigenvalue weighted by Gasteiger charge is -2.21. The van der Waals surface area contributed by atoms with Gasteiger partial charge in [0, 0.05) is 25.8 Å². The zero-order chi connectivity index (χ0) is 13.7. The molecule has 2 aromatic rings. The minimum atomic E-state index is 0.925. The summed E-state index contributed by atoms with van der Waals surface area (Å²) in [7, 11) is 4.12. The van der Waals surface area contributed by atoms with Crippen molar-refractivity contribution in [3.05, 3.63) is 65.2 Å². The van der Waals surface area contributed by atoms with E-state index in [0.29, 0.717) is 0 Å². The molecule has 2 aromatic carbocycles. The Balaban J connectivity index is 2.11. The second kappa shape index (κ2) is 6.39. The average Bonchev–Trinajstić information content (AvgIpc) is 2.42. The van der Waals surface area contributed by atoms with E-state index in [9.17, 15) is 0 Å². The number of rotatable bonds is 5. The molecule has 0 spiro atoms. The molecule has 1 N–H and O–H groups in total. The smallest absolute Gasteiger partial charge is 0.0426 e. The molecule has 0 fully saturated rings. The van der Waals surface area contributed by atoms with Crippen LogP contribution >= 0.6 is 0 Å². The Morgan fingerprint density at radius 2 is 1.79 bits per heavy atom. The van der Waals surface area contributed by atoms with Crippen LogP contribution in [0.1, 0.15) is 16.7 Å². The van der Waals surface area contributed by atoms with Crippen molar-refractivity contribution in [1.82, 2.24) is 5.32 Å². The highest BCUT2D eigenvalue weighted by Gasteiger charge is 2.04. The lowest BCUT2D eigenvalue weighted by atomic mass is 10.1. The van der Waals surface area contributed by atoms with Gasteiger partial charge in [0.05, 0.1) is 0 Å². The second-order valence-electron chi connectivity index (χ2n) is 4.98. The van der Waals surface area contributed by atoms with E-state index in [1.165, 1.54) is 22.4 Å². The van der Waals surface area contributed by atoms with E-state index in [1.54, 1.807) is 0 Å². The molecule has 0 aliphatic heterocycles. The topological polar surface area (TPSA) is 15.3 Å². The van der Waals surface area contributed by atoms with Crippen molar-refractivity contribution < 1.29 is 0 Å². The fourth-order valence-electron chi connectivity index (χ4n) is 2.25. The Morgan fingerprint density at radius 3 is 2.42 bits per heavy atom. The van der Waals surface area contributed by atoms with Gasteiger partial charge >= 0.3 is 0 Å². The molecule has 0 aliphatic carbocycles. The monoisotopic (exact) mass is 254 g/mol. The van der Waals surface area contributed by atoms with Crippen LogP contribution in [0.2, 0.25) is 0 Å². The third-order valence-electron chi connectivity index (χ3n) is 3.40. The summed E-state index contributed by atoms with van der Waals surface area (Å²) in [6.07, 6.45) is 0. The maximum atomic E-state index is 3.20. The first kappa shape index (κ1) is 13.6. The fourth-order valence-corrected chi connectivity index (χ4v) is 2.25. The molecule has 0 saturated carbocycles. The van der Waals surface area contributed by atoms with Gasteiger partial charge in [-0.2, -0.15) is 0 Å². The Bertz CT molecular complexity index is 520. The van der Waals surface area contributed by atoms with Crippen molar-refractivity contribution in [1.29, 1.82) is 0 Å². The molecule has 0 radical (unpaired) electrons. The van der Waals surface area contributed by atoms with E-state index >= 15 is 0 Å². The molecule has 0 unspecified atom stereocenters. The van der Waals surface area contributed by atoms with Crippen LogP contribution in [-0.2, 0) is 13.1 Å². The molecule has 100 valence electrons. The minimum absolute atomic E-state index is 0.925. The molecule has 2 heteroatoms. The van der Waals surface area contributed by atoms with Gasteiger partial charge in [0.25, 0.3) is 0 Å². The van der Waals surface area contributed by atoms with E-state index in [2.05, 4.69) is 72.7 Å². The highest BCUT2D eigenvalue weighted by atomic mass is 15.1. The standard InChI is InChI=1S/C17H22N2/c1-14-11-17(10-9-16(14)12-18-2)19(3)13-15-7-5-4-6-8-15/h4-11,18H,12-13H2,1-3H3. The van der Waals surface area contributed by atoms with Gasteiger partial charge in [-0.3, -0.25) is 0 Å². The number of hydrogen-bond acceptors (Lipinski definition) is 2. The van der Waals surface area contributed by atoms with E-state index in [-0.39, 0.29) is 0 Å². The molecule has 0 bridgehead atoms. The van der Waals surface area contributed by atoms with Crippen molar-refractivity contribution in [2.24, 2.45) is 0 Å². The predicted molar refractivity (Wildman–Crippen MR) is 82.5 cm³/mol. The van der Waals surface area contributed by atoms with Crippen LogP contribution in [0.25, 0.3) is 0 Å². The summed E-state index contributed by atoms with van der Waals surface area (Å²) in [5, 5.41) is 3.20. The summed E-state index contributed by atoms with van der Waals surface area (Å²) in [5.41, 5.74) is 5.30. The van der Waals surface area contributed by atoms with Gasteiger partial charge in [0.1, 0.15) is 0 Å². The van der Waals surface area contributed by atoms with Gasteiger partial charge in [0.15, 0.2) is 0 Å². The van der Waals surface area contributed by atoms with E-state index in [4.69, 9.17) is 0 Å². The van der Waals surface area contributed by atoms with Crippen LogP contribution in [-0.4, -0.2) is 14.1 Å². The van der Waals surface area contributed by atoms with E-state index in [1.807, 2.05) is 7.05 Å². The largest absolute Gasteiger partial charge is 0.370 e. The summed E-state index contributed by atoms with van der Waals surface area (Å²) in [4.78, 5) is 2.28. The molecule has 0 amide bonds. The Hall–Kier alpha value is -1.80. The van der Waals surface area contributed by atoms with Crippen LogP contribution in [0.3, 0.4) is 0 Å². The molecule has 2 rings (SSSR count). The van der Waals surface area contributed by atoms with Gasteiger partial charge in [-0.1, -0.05) is 36.4 Å². The number of nitrogens with zero attached hydrogens (tertiary/aromatic N) is 1. The van der Waals surface area contributed by atoms with Crippen LogP contribution in [0.5, 0.6) is 0 Å². The van der Waals surface area contributed by atoms with Gasteiger partial charge in [-0.25, -0.2) is 0 Å². The summed E-state index contributed by atoms with van der Waals surface area (Å²) < 4.78 is 0. The minimum Gasteiger partial charge on any atom is -0.370 e.